The Morgan fingerprint density at radius 3 is 2.82 bits per heavy atom. The summed E-state index contributed by atoms with van der Waals surface area (Å²) in [4.78, 5) is 48.8. The van der Waals surface area contributed by atoms with Gasteiger partial charge in [0.25, 0.3) is 0 Å². The number of amides is 3. The van der Waals surface area contributed by atoms with E-state index in [1.165, 1.54) is 18.7 Å². The average molecular weight is 901 g/mol. The summed E-state index contributed by atoms with van der Waals surface area (Å²) in [6.07, 6.45) is 2.32. The van der Waals surface area contributed by atoms with Gasteiger partial charge in [0.05, 0.1) is 0 Å². The minimum absolute atomic E-state index is 0.00389. The van der Waals surface area contributed by atoms with E-state index in [0.717, 1.165) is 0 Å². The third-order valence-corrected chi connectivity index (χ3v) is 13.3. The fraction of sp³-hybridized carbons (Fsp3) is 0.314. The Morgan fingerprint density at radius 1 is 1.22 bits per heavy atom. The Bertz CT molecular complexity index is 2500. The van der Waals surface area contributed by atoms with Crippen molar-refractivity contribution in [3.8, 4) is 17.7 Å². The van der Waals surface area contributed by atoms with E-state index in [0.29, 0.717) is 16.6 Å². The van der Waals surface area contributed by atoms with E-state index in [-0.39, 0.29) is 90.4 Å². The number of ether oxygens (including phenoxy) is 1. The molecule has 60 heavy (non-hydrogen) atoms. The first kappa shape index (κ1) is 41.4. The van der Waals surface area contributed by atoms with Gasteiger partial charge in [-0.25, -0.2) is 0 Å². The predicted molar refractivity (Wildman–Crippen MR) is 219 cm³/mol. The molecule has 7 heterocycles. The van der Waals surface area contributed by atoms with Crippen molar-refractivity contribution in [3.05, 3.63) is 90.0 Å². The first-order valence-electron chi connectivity index (χ1n) is 18.3. The minimum atomic E-state index is -4.29. The van der Waals surface area contributed by atoms with Gasteiger partial charge in [0.15, 0.2) is 0 Å². The number of rotatable bonds is 9. The van der Waals surface area contributed by atoms with Crippen molar-refractivity contribution in [3.63, 3.8) is 0 Å². The number of anilines is 1. The number of nitrogens with one attached hydrogen (secondary N) is 5. The zero-order valence-electron chi connectivity index (χ0n) is 31.7. The van der Waals surface area contributed by atoms with E-state index in [1.54, 1.807) is 65.9 Å². The first-order valence-corrected chi connectivity index (χ1v) is 24.1. The van der Waals surface area contributed by atoms with Crippen LogP contribution in [0.1, 0.15) is 42.8 Å². The standard InChI is InChI=1S/C35H38N10O11P2S2/c1-19(2)31(46)42-35-41-30-27(33(48)43-35)39-18-45(30)34-24-13-21(53-34)15-52-58(60,50-12-6-10-36)56-23-14-26(54-25(23)16-51-57(49,59)55-24)44-11-9-22-28(37-17-38-29(22)44)40-32(47)20-7-4-3-5-8-20/h3-5,7-9,11,14-15,17,19,27,30,35,39,41,58,60H,6,12-13,16,18H2,1-2H3,(H,42,46)(H,43,48)(H,49,59)(H,37,38,40,47)/b21-15+/t27-,30?,35?,57?/m0/s1. The summed E-state index contributed by atoms with van der Waals surface area (Å²) in [7, 11) is -4.09. The molecule has 4 aromatic rings. The van der Waals surface area contributed by atoms with Crippen LogP contribution in [0.15, 0.2) is 83.1 Å². The molecule has 0 radical (unpaired) electrons. The van der Waals surface area contributed by atoms with Gasteiger partial charge in [-0.1, -0.05) is 32.0 Å². The van der Waals surface area contributed by atoms with Crippen LogP contribution in [-0.2, 0) is 43.6 Å². The zero-order valence-corrected chi connectivity index (χ0v) is 35.4. The molecule has 21 nitrogen and oxygen atoms in total. The first-order chi connectivity index (χ1) is 28.8. The Balaban J connectivity index is 1.10. The number of carbonyl (C=O) groups is 3. The SMILES string of the molecule is CC(C)C(=O)NC1NC(=O)[C@H]2NCN(C3=C4C/C(=C\O[PH](S)(OCCC#N)Oc5cc(-n6ccc7c(NC(=O)c8ccccc8)ncnc76)oc5COP(=O)(S)O4)O3)C2N1. The number of benzene rings is 1. The number of hydrogen-bond acceptors (Lipinski definition) is 18. The van der Waals surface area contributed by atoms with Crippen molar-refractivity contribution in [2.24, 2.45) is 5.92 Å². The van der Waals surface area contributed by atoms with Gasteiger partial charge in [-0.05, 0) is 0 Å². The van der Waals surface area contributed by atoms with Gasteiger partial charge in [0, 0.05) is 0 Å². The van der Waals surface area contributed by atoms with Crippen LogP contribution in [0.5, 0.6) is 5.75 Å². The van der Waals surface area contributed by atoms with Gasteiger partial charge in [-0.2, -0.15) is 0 Å². The molecule has 3 aromatic heterocycles. The molecule has 3 unspecified atom stereocenters. The van der Waals surface area contributed by atoms with Gasteiger partial charge < -0.3 is 0 Å². The van der Waals surface area contributed by atoms with Gasteiger partial charge in [0.1, 0.15) is 0 Å². The summed E-state index contributed by atoms with van der Waals surface area (Å²) in [5.74, 6) is -0.766. The van der Waals surface area contributed by atoms with Gasteiger partial charge >= 0.3 is 322 Å². The maximum absolute atomic E-state index is 13.9. The molecule has 0 saturated carbocycles. The maximum atomic E-state index is 13.9. The molecule has 1 aromatic carbocycles. The van der Waals surface area contributed by atoms with Gasteiger partial charge in [-0.15, -0.1) is 0 Å². The summed E-state index contributed by atoms with van der Waals surface area (Å²) >= 11 is 8.97. The van der Waals surface area contributed by atoms with Crippen molar-refractivity contribution in [2.75, 3.05) is 18.6 Å². The second-order valence-corrected chi connectivity index (χ2v) is 20.1. The number of thiol groups is 2. The summed E-state index contributed by atoms with van der Waals surface area (Å²) in [5, 5.41) is 24.3. The Hall–Kier alpha value is -5.30. The monoisotopic (exact) mass is 900 g/mol. The van der Waals surface area contributed by atoms with Crippen molar-refractivity contribution < 1.29 is 50.7 Å². The fourth-order valence-electron chi connectivity index (χ4n) is 6.45. The summed E-state index contributed by atoms with van der Waals surface area (Å²) < 4.78 is 57.9. The third kappa shape index (κ3) is 8.77. The van der Waals surface area contributed by atoms with Crippen LogP contribution in [0.2, 0.25) is 0 Å². The summed E-state index contributed by atoms with van der Waals surface area (Å²) in [6, 6.07) is 13.0. The molecule has 2 saturated heterocycles. The number of carbonyl (C=O) groups excluding carboxylic acids is 3. The van der Waals surface area contributed by atoms with E-state index >= 15 is 0 Å². The molecule has 0 spiro atoms. The number of furan rings is 1. The molecule has 5 N–H and O–H groups in total. The summed E-state index contributed by atoms with van der Waals surface area (Å²) in [5.41, 5.74) is 0.788. The number of hydrogen-bond donors (Lipinski definition) is 7. The molecular weight excluding hydrogens is 863 g/mol. The molecular formula is C35H38N10O11P2S2. The third-order valence-electron chi connectivity index (χ3n) is 9.32. The van der Waals surface area contributed by atoms with Gasteiger partial charge in [0.2, 0.25) is 0 Å². The van der Waals surface area contributed by atoms with Crippen LogP contribution in [-0.4, -0.2) is 68.9 Å². The normalized spacial score (nSPS) is 24.9. The van der Waals surface area contributed by atoms with E-state index in [2.05, 4.69) is 48.8 Å². The quantitative estimate of drug-likeness (QED) is 0.0703. The van der Waals surface area contributed by atoms with E-state index in [4.69, 9.17) is 44.0 Å². The molecule has 25 heteroatoms. The molecule has 4 aliphatic heterocycles. The number of aromatic nitrogens is 3. The molecule has 3 amide bonds. The van der Waals surface area contributed by atoms with Crippen molar-refractivity contribution in [1.82, 2.24) is 40.7 Å². The molecule has 2 fully saturated rings. The number of fused-ring (bicyclic) bond motifs is 5. The average Bonchev–Trinajstić information content (AvgIpc) is 4.02. The summed E-state index contributed by atoms with van der Waals surface area (Å²) in [6.45, 7) is -1.40. The molecule has 8 rings (SSSR count). The van der Waals surface area contributed by atoms with Crippen molar-refractivity contribution >= 4 is 73.0 Å². The number of nitrogens with zero attached hydrogens (tertiary/aromatic N) is 5. The second kappa shape index (κ2) is 17.0. The molecule has 0 aliphatic carbocycles. The van der Waals surface area contributed by atoms with Crippen LogP contribution in [0.25, 0.3) is 16.9 Å². The van der Waals surface area contributed by atoms with Crippen LogP contribution < -0.4 is 31.1 Å². The fourth-order valence-corrected chi connectivity index (χ4v) is 9.66. The van der Waals surface area contributed by atoms with Crippen LogP contribution in [0.3, 0.4) is 0 Å². The topological polar surface area (TPSA) is 255 Å². The van der Waals surface area contributed by atoms with Crippen LogP contribution >= 0.6 is 38.4 Å². The van der Waals surface area contributed by atoms with E-state index in [1.807, 2.05) is 6.07 Å². The molecule has 2 bridgehead atoms. The predicted octanol–water partition coefficient (Wildman–Crippen LogP) is 4.28. The molecule has 4 atom stereocenters. The van der Waals surface area contributed by atoms with Gasteiger partial charge in [-0.3, -0.25) is 0 Å². The molecule has 316 valence electrons. The Kier molecular flexibility index (Phi) is 11.7. The van der Waals surface area contributed by atoms with Crippen molar-refractivity contribution in [2.45, 2.75) is 51.8 Å². The second-order valence-electron chi connectivity index (χ2n) is 13.8. The number of nitriles is 1. The van der Waals surface area contributed by atoms with Crippen LogP contribution in [0.4, 0.5) is 5.82 Å². The molecule has 4 aliphatic rings. The van der Waals surface area contributed by atoms with Crippen LogP contribution in [0, 0.1) is 17.2 Å². The zero-order chi connectivity index (χ0) is 42.2. The Labute approximate surface area is 352 Å². The van der Waals surface area contributed by atoms with Crippen molar-refractivity contribution in [1.29, 1.82) is 5.26 Å². The Morgan fingerprint density at radius 2 is 2.03 bits per heavy atom. The van der Waals surface area contributed by atoms with E-state index < -0.39 is 39.0 Å². The van der Waals surface area contributed by atoms with E-state index in [9.17, 15) is 24.2 Å².